The van der Waals surface area contributed by atoms with Gasteiger partial charge in [-0.05, 0) is 46.8 Å². The summed E-state index contributed by atoms with van der Waals surface area (Å²) < 4.78 is 17.3. The van der Waals surface area contributed by atoms with Crippen LogP contribution in [0.15, 0.2) is 53.9 Å². The van der Waals surface area contributed by atoms with Crippen LogP contribution in [-0.4, -0.2) is 53.2 Å². The van der Waals surface area contributed by atoms with Gasteiger partial charge in [-0.2, -0.15) is 5.10 Å². The van der Waals surface area contributed by atoms with E-state index in [0.717, 1.165) is 5.69 Å². The molecule has 0 spiro atoms. The third-order valence-electron chi connectivity index (χ3n) is 3.65. The van der Waals surface area contributed by atoms with Crippen LogP contribution >= 0.6 is 0 Å². The quantitative estimate of drug-likeness (QED) is 0.460. The van der Waals surface area contributed by atoms with E-state index >= 15 is 0 Å². The Kier molecular flexibility index (Phi) is 6.13. The summed E-state index contributed by atoms with van der Waals surface area (Å²) in [7, 11) is 3.12. The first-order chi connectivity index (χ1) is 13.7. The van der Waals surface area contributed by atoms with Crippen LogP contribution < -0.4 is 19.6 Å². The van der Waals surface area contributed by atoms with E-state index in [4.69, 9.17) is 14.2 Å². The van der Waals surface area contributed by atoms with Gasteiger partial charge in [0.1, 0.15) is 23.6 Å². The summed E-state index contributed by atoms with van der Waals surface area (Å²) in [6.45, 7) is -0.179. The molecule has 1 aromatic heterocycles. The lowest BCUT2D eigenvalue weighted by Crippen LogP contribution is -2.24. The highest BCUT2D eigenvalue weighted by atomic mass is 16.5. The van der Waals surface area contributed by atoms with Crippen LogP contribution in [0, 0.1) is 0 Å². The third-order valence-corrected chi connectivity index (χ3v) is 3.65. The third kappa shape index (κ3) is 4.81. The molecule has 3 rings (SSSR count). The number of hydrazone groups is 1. The van der Waals surface area contributed by atoms with Crippen molar-refractivity contribution >= 4 is 12.1 Å². The van der Waals surface area contributed by atoms with Gasteiger partial charge in [-0.1, -0.05) is 0 Å². The molecule has 2 aromatic carbocycles. The highest BCUT2D eigenvalue weighted by molar-refractivity contribution is 5.85. The SMILES string of the molecule is COc1ccc(/C=N/NC(=O)COc2ccc(-n3cnnn3)cc2)c(OC)c1. The van der Waals surface area contributed by atoms with Crippen molar-refractivity contribution in [2.75, 3.05) is 20.8 Å². The Labute approximate surface area is 160 Å². The van der Waals surface area contributed by atoms with Gasteiger partial charge in [-0.25, -0.2) is 10.1 Å². The number of benzene rings is 2. The maximum atomic E-state index is 11.9. The predicted octanol–water partition coefficient (Wildman–Crippen LogP) is 1.21. The van der Waals surface area contributed by atoms with Crippen molar-refractivity contribution in [1.29, 1.82) is 0 Å². The number of nitrogens with zero attached hydrogens (tertiary/aromatic N) is 5. The van der Waals surface area contributed by atoms with E-state index in [9.17, 15) is 4.79 Å². The van der Waals surface area contributed by atoms with Crippen molar-refractivity contribution in [1.82, 2.24) is 25.6 Å². The fraction of sp³-hybridized carbons (Fsp3) is 0.167. The Morgan fingerprint density at radius 1 is 1.14 bits per heavy atom. The molecule has 0 fully saturated rings. The van der Waals surface area contributed by atoms with Crippen LogP contribution in [0.1, 0.15) is 5.56 Å². The van der Waals surface area contributed by atoms with Crippen LogP contribution in [0.2, 0.25) is 0 Å². The molecular formula is C18H18N6O4. The monoisotopic (exact) mass is 382 g/mol. The van der Waals surface area contributed by atoms with Gasteiger partial charge in [0.2, 0.25) is 0 Å². The second-order valence-electron chi connectivity index (χ2n) is 5.44. The Hall–Kier alpha value is -3.95. The fourth-order valence-electron chi connectivity index (χ4n) is 2.25. The second kappa shape index (κ2) is 9.12. The van der Waals surface area contributed by atoms with Crippen LogP contribution in [0.25, 0.3) is 5.69 Å². The van der Waals surface area contributed by atoms with Crippen LogP contribution in [0.3, 0.4) is 0 Å². The molecule has 0 bridgehead atoms. The number of hydrogen-bond acceptors (Lipinski definition) is 8. The zero-order valence-corrected chi connectivity index (χ0v) is 15.3. The zero-order chi connectivity index (χ0) is 19.8. The molecule has 1 amide bonds. The van der Waals surface area contributed by atoms with E-state index in [1.54, 1.807) is 56.7 Å². The summed E-state index contributed by atoms with van der Waals surface area (Å²) >= 11 is 0. The molecule has 0 radical (unpaired) electrons. The molecule has 0 atom stereocenters. The normalized spacial score (nSPS) is 10.6. The topological polar surface area (TPSA) is 113 Å². The minimum Gasteiger partial charge on any atom is -0.497 e. The number of tetrazole rings is 1. The lowest BCUT2D eigenvalue weighted by atomic mass is 10.2. The van der Waals surface area contributed by atoms with Gasteiger partial charge in [0, 0.05) is 11.6 Å². The number of carbonyl (C=O) groups is 1. The maximum Gasteiger partial charge on any atom is 0.277 e. The van der Waals surface area contributed by atoms with E-state index in [2.05, 4.69) is 26.1 Å². The number of hydrogen-bond donors (Lipinski definition) is 1. The van der Waals surface area contributed by atoms with Crippen LogP contribution in [0.4, 0.5) is 0 Å². The van der Waals surface area contributed by atoms with Gasteiger partial charge < -0.3 is 14.2 Å². The smallest absolute Gasteiger partial charge is 0.277 e. The molecule has 144 valence electrons. The van der Waals surface area contributed by atoms with Gasteiger partial charge in [0.05, 0.1) is 26.1 Å². The maximum absolute atomic E-state index is 11.9. The molecule has 0 aliphatic carbocycles. The van der Waals surface area contributed by atoms with Crippen molar-refractivity contribution in [3.8, 4) is 22.9 Å². The highest BCUT2D eigenvalue weighted by Crippen LogP contribution is 2.23. The minimum atomic E-state index is -0.395. The Balaban J connectivity index is 1.50. The van der Waals surface area contributed by atoms with E-state index in [1.165, 1.54) is 17.2 Å². The van der Waals surface area contributed by atoms with Crippen molar-refractivity contribution < 1.29 is 19.0 Å². The van der Waals surface area contributed by atoms with Crippen LogP contribution in [-0.2, 0) is 4.79 Å². The number of amides is 1. The standard InChI is InChI=1S/C18H18N6O4/c1-26-16-6-3-13(17(9-16)27-2)10-19-21-18(25)11-28-15-7-4-14(5-8-15)24-12-20-22-23-24/h3-10,12H,11H2,1-2H3,(H,21,25)/b19-10+. The first kappa shape index (κ1) is 18.8. The van der Waals surface area contributed by atoms with Crippen molar-refractivity contribution in [2.24, 2.45) is 5.10 Å². The lowest BCUT2D eigenvalue weighted by molar-refractivity contribution is -0.123. The van der Waals surface area contributed by atoms with Gasteiger partial charge >= 0.3 is 0 Å². The number of nitrogens with one attached hydrogen (secondary N) is 1. The average Bonchev–Trinajstić information content (AvgIpc) is 3.27. The molecule has 10 nitrogen and oxygen atoms in total. The molecule has 0 saturated carbocycles. The zero-order valence-electron chi connectivity index (χ0n) is 15.3. The molecule has 1 heterocycles. The largest absolute Gasteiger partial charge is 0.497 e. The summed E-state index contributed by atoms with van der Waals surface area (Å²) in [5.74, 6) is 1.38. The molecule has 3 aromatic rings. The summed E-state index contributed by atoms with van der Waals surface area (Å²) in [6, 6.07) is 12.3. The number of methoxy groups -OCH3 is 2. The summed E-state index contributed by atoms with van der Waals surface area (Å²) in [6.07, 6.45) is 2.97. The van der Waals surface area contributed by atoms with Crippen LogP contribution in [0.5, 0.6) is 17.2 Å². The summed E-state index contributed by atoms with van der Waals surface area (Å²) in [5, 5.41) is 14.8. The molecule has 0 aliphatic heterocycles. The Morgan fingerprint density at radius 3 is 2.61 bits per heavy atom. The highest BCUT2D eigenvalue weighted by Gasteiger charge is 2.05. The first-order valence-electron chi connectivity index (χ1n) is 8.20. The fourth-order valence-corrected chi connectivity index (χ4v) is 2.25. The van der Waals surface area contributed by atoms with Crippen molar-refractivity contribution in [3.63, 3.8) is 0 Å². The minimum absolute atomic E-state index is 0.179. The average molecular weight is 382 g/mol. The van der Waals surface area contributed by atoms with Gasteiger partial charge in [-0.3, -0.25) is 4.79 Å². The molecule has 10 heteroatoms. The van der Waals surface area contributed by atoms with Gasteiger partial charge in [0.15, 0.2) is 6.61 Å². The molecule has 0 unspecified atom stereocenters. The number of aromatic nitrogens is 4. The number of carbonyl (C=O) groups excluding carboxylic acids is 1. The van der Waals surface area contributed by atoms with Gasteiger partial charge in [0.25, 0.3) is 5.91 Å². The molecule has 28 heavy (non-hydrogen) atoms. The number of ether oxygens (including phenoxy) is 3. The van der Waals surface area contributed by atoms with Crippen molar-refractivity contribution in [2.45, 2.75) is 0 Å². The van der Waals surface area contributed by atoms with E-state index in [-0.39, 0.29) is 6.61 Å². The molecule has 0 saturated heterocycles. The van der Waals surface area contributed by atoms with Gasteiger partial charge in [-0.15, -0.1) is 5.10 Å². The summed E-state index contributed by atoms with van der Waals surface area (Å²) in [5.41, 5.74) is 3.88. The number of rotatable bonds is 8. The van der Waals surface area contributed by atoms with E-state index < -0.39 is 5.91 Å². The Bertz CT molecular complexity index is 941. The predicted molar refractivity (Wildman–Crippen MR) is 99.9 cm³/mol. The molecular weight excluding hydrogens is 364 g/mol. The first-order valence-corrected chi connectivity index (χ1v) is 8.20. The molecule has 0 aliphatic rings. The van der Waals surface area contributed by atoms with E-state index in [0.29, 0.717) is 22.8 Å². The lowest BCUT2D eigenvalue weighted by Gasteiger charge is -2.07. The van der Waals surface area contributed by atoms with Crippen molar-refractivity contribution in [3.05, 3.63) is 54.4 Å². The van der Waals surface area contributed by atoms with E-state index in [1.807, 2.05) is 0 Å². The Morgan fingerprint density at radius 2 is 1.93 bits per heavy atom. The second-order valence-corrected chi connectivity index (χ2v) is 5.44. The molecule has 1 N–H and O–H groups in total. The summed E-state index contributed by atoms with van der Waals surface area (Å²) in [4.78, 5) is 11.9.